The molecule has 2 nitrogen and oxygen atoms in total. The van der Waals surface area contributed by atoms with E-state index < -0.39 is 0 Å². The summed E-state index contributed by atoms with van der Waals surface area (Å²) in [5, 5.41) is 0.619. The van der Waals surface area contributed by atoms with Crippen molar-refractivity contribution in [3.05, 3.63) is 28.8 Å². The van der Waals surface area contributed by atoms with Crippen molar-refractivity contribution in [2.75, 3.05) is 7.11 Å². The van der Waals surface area contributed by atoms with Gasteiger partial charge in [0, 0.05) is 5.02 Å². The van der Waals surface area contributed by atoms with Gasteiger partial charge in [0.25, 0.3) is 0 Å². The van der Waals surface area contributed by atoms with Gasteiger partial charge in [-0.2, -0.15) is 0 Å². The molecule has 1 aromatic rings. The molecular weight excluding hydrogens is 200 g/mol. The molecule has 1 saturated carbocycles. The lowest BCUT2D eigenvalue weighted by Crippen LogP contribution is -2.08. The highest BCUT2D eigenvalue weighted by molar-refractivity contribution is 6.31. The van der Waals surface area contributed by atoms with Gasteiger partial charge in [-0.15, -0.1) is 0 Å². The first kappa shape index (κ1) is 9.53. The molecule has 0 amide bonds. The largest absolute Gasteiger partial charge is 0.497 e. The number of hydrogen-bond donors (Lipinski definition) is 0. The van der Waals surface area contributed by atoms with E-state index in [9.17, 15) is 4.79 Å². The maximum absolute atomic E-state index is 10.9. The maximum atomic E-state index is 10.9. The monoisotopic (exact) mass is 210 g/mol. The molecule has 0 aromatic heterocycles. The van der Waals surface area contributed by atoms with Crippen LogP contribution in [0.25, 0.3) is 0 Å². The van der Waals surface area contributed by atoms with Crippen LogP contribution in [0.1, 0.15) is 18.4 Å². The molecule has 2 rings (SSSR count). The zero-order chi connectivity index (χ0) is 10.2. The minimum absolute atomic E-state index is 0.302. The molecule has 0 spiro atoms. The summed E-state index contributed by atoms with van der Waals surface area (Å²) in [5.74, 6) is 0.723. The molecule has 0 N–H and O–H groups in total. The highest BCUT2D eigenvalue weighted by atomic mass is 35.5. The quantitative estimate of drug-likeness (QED) is 0.717. The Morgan fingerprint density at radius 2 is 2.21 bits per heavy atom. The fourth-order valence-corrected chi connectivity index (χ4v) is 1.97. The second-order valence-electron chi connectivity index (χ2n) is 3.62. The Hall–Kier alpha value is -1.02. The third kappa shape index (κ3) is 1.40. The zero-order valence-corrected chi connectivity index (χ0v) is 8.67. The minimum atomic E-state index is -0.302. The van der Waals surface area contributed by atoms with E-state index >= 15 is 0 Å². The second kappa shape index (κ2) is 3.28. The van der Waals surface area contributed by atoms with E-state index in [2.05, 4.69) is 0 Å². The number of hydrogen-bond acceptors (Lipinski definition) is 2. The smallest absolute Gasteiger partial charge is 0.130 e. The van der Waals surface area contributed by atoms with E-state index in [0.29, 0.717) is 5.02 Å². The Balaban J connectivity index is 2.40. The van der Waals surface area contributed by atoms with Gasteiger partial charge in [-0.25, -0.2) is 0 Å². The van der Waals surface area contributed by atoms with Gasteiger partial charge in [0.15, 0.2) is 0 Å². The van der Waals surface area contributed by atoms with Gasteiger partial charge in [-0.1, -0.05) is 17.7 Å². The predicted octanol–water partition coefficient (Wildman–Crippen LogP) is 2.58. The lowest BCUT2D eigenvalue weighted by Gasteiger charge is -2.10. The number of benzene rings is 1. The molecule has 1 fully saturated rings. The van der Waals surface area contributed by atoms with Gasteiger partial charge in [0.1, 0.15) is 12.0 Å². The van der Waals surface area contributed by atoms with Crippen molar-refractivity contribution < 1.29 is 9.53 Å². The molecule has 0 aliphatic heterocycles. The highest BCUT2D eigenvalue weighted by Gasteiger charge is 2.45. The van der Waals surface area contributed by atoms with Crippen molar-refractivity contribution in [1.82, 2.24) is 0 Å². The fourth-order valence-electron chi connectivity index (χ4n) is 1.61. The van der Waals surface area contributed by atoms with Crippen LogP contribution in [0.2, 0.25) is 5.02 Å². The summed E-state index contributed by atoms with van der Waals surface area (Å²) in [6, 6.07) is 5.47. The summed E-state index contributed by atoms with van der Waals surface area (Å²) < 4.78 is 5.04. The average Bonchev–Trinajstić information content (AvgIpc) is 2.98. The molecule has 14 heavy (non-hydrogen) atoms. The standard InChI is InChI=1S/C11H11ClO2/c1-14-8-2-3-9(10(12)6-8)11(7-13)4-5-11/h2-3,6-7H,4-5H2,1H3. The molecule has 0 bridgehead atoms. The Morgan fingerprint density at radius 3 is 2.64 bits per heavy atom. The van der Waals surface area contributed by atoms with Crippen LogP contribution in [-0.2, 0) is 10.2 Å². The molecule has 0 saturated heterocycles. The number of ether oxygens (including phenoxy) is 1. The Bertz CT molecular complexity index is 370. The summed E-state index contributed by atoms with van der Waals surface area (Å²) in [7, 11) is 1.60. The maximum Gasteiger partial charge on any atom is 0.130 e. The van der Waals surface area contributed by atoms with Gasteiger partial charge in [0.05, 0.1) is 12.5 Å². The summed E-state index contributed by atoms with van der Waals surface area (Å²) in [6.45, 7) is 0. The first-order chi connectivity index (χ1) is 6.72. The predicted molar refractivity (Wildman–Crippen MR) is 55.0 cm³/mol. The van der Waals surface area contributed by atoms with E-state index in [0.717, 1.165) is 30.4 Å². The van der Waals surface area contributed by atoms with E-state index in [1.807, 2.05) is 12.1 Å². The average molecular weight is 211 g/mol. The van der Waals surface area contributed by atoms with Crippen LogP contribution < -0.4 is 4.74 Å². The van der Waals surface area contributed by atoms with Crippen molar-refractivity contribution in [2.24, 2.45) is 0 Å². The molecule has 3 heteroatoms. The van der Waals surface area contributed by atoms with Crippen LogP contribution in [0.3, 0.4) is 0 Å². The molecule has 1 aromatic carbocycles. The first-order valence-corrected chi connectivity index (χ1v) is 4.90. The van der Waals surface area contributed by atoms with Crippen molar-refractivity contribution >= 4 is 17.9 Å². The molecule has 1 aliphatic rings. The first-order valence-electron chi connectivity index (χ1n) is 4.52. The van der Waals surface area contributed by atoms with E-state index in [4.69, 9.17) is 16.3 Å². The molecule has 0 unspecified atom stereocenters. The SMILES string of the molecule is COc1ccc(C2(C=O)CC2)c(Cl)c1. The summed E-state index contributed by atoms with van der Waals surface area (Å²) in [6.07, 6.45) is 2.81. The third-order valence-corrected chi connectivity index (χ3v) is 3.04. The van der Waals surface area contributed by atoms with Crippen LogP contribution in [0, 0.1) is 0 Å². The molecule has 0 atom stereocenters. The molecule has 1 aliphatic carbocycles. The number of aldehydes is 1. The van der Waals surface area contributed by atoms with Crippen LogP contribution >= 0.6 is 11.6 Å². The van der Waals surface area contributed by atoms with Crippen molar-refractivity contribution in [2.45, 2.75) is 18.3 Å². The fraction of sp³-hybridized carbons (Fsp3) is 0.364. The van der Waals surface area contributed by atoms with E-state index in [-0.39, 0.29) is 5.41 Å². The van der Waals surface area contributed by atoms with Crippen LogP contribution in [0.4, 0.5) is 0 Å². The van der Waals surface area contributed by atoms with Crippen LogP contribution in [0.5, 0.6) is 5.75 Å². The van der Waals surface area contributed by atoms with E-state index in [1.54, 1.807) is 13.2 Å². The van der Waals surface area contributed by atoms with Gasteiger partial charge >= 0.3 is 0 Å². The van der Waals surface area contributed by atoms with Crippen LogP contribution in [0.15, 0.2) is 18.2 Å². The Labute approximate surface area is 87.8 Å². The van der Waals surface area contributed by atoms with Gasteiger partial charge in [-0.3, -0.25) is 0 Å². The molecule has 0 heterocycles. The van der Waals surface area contributed by atoms with E-state index in [1.165, 1.54) is 0 Å². The number of methoxy groups -OCH3 is 1. The van der Waals surface area contributed by atoms with Crippen molar-refractivity contribution in [3.8, 4) is 5.75 Å². The van der Waals surface area contributed by atoms with Gasteiger partial charge < -0.3 is 9.53 Å². The number of carbonyl (C=O) groups is 1. The lowest BCUT2D eigenvalue weighted by atomic mass is 9.98. The molecule has 0 radical (unpaired) electrons. The topological polar surface area (TPSA) is 26.3 Å². The molecule has 74 valence electrons. The minimum Gasteiger partial charge on any atom is -0.497 e. The Kier molecular flexibility index (Phi) is 2.23. The summed E-state index contributed by atoms with van der Waals surface area (Å²) in [5.41, 5.74) is 0.624. The third-order valence-electron chi connectivity index (χ3n) is 2.73. The molecular formula is C11H11ClO2. The van der Waals surface area contributed by atoms with Crippen molar-refractivity contribution in [1.29, 1.82) is 0 Å². The number of rotatable bonds is 3. The summed E-state index contributed by atoms with van der Waals surface area (Å²) in [4.78, 5) is 10.9. The van der Waals surface area contributed by atoms with Crippen LogP contribution in [-0.4, -0.2) is 13.4 Å². The van der Waals surface area contributed by atoms with Gasteiger partial charge in [-0.05, 0) is 30.5 Å². The Morgan fingerprint density at radius 1 is 1.50 bits per heavy atom. The zero-order valence-electron chi connectivity index (χ0n) is 7.92. The second-order valence-corrected chi connectivity index (χ2v) is 4.03. The highest BCUT2D eigenvalue weighted by Crippen LogP contribution is 2.49. The van der Waals surface area contributed by atoms with Gasteiger partial charge in [0.2, 0.25) is 0 Å². The normalized spacial score (nSPS) is 17.6. The van der Waals surface area contributed by atoms with Crippen molar-refractivity contribution in [3.63, 3.8) is 0 Å². The summed E-state index contributed by atoms with van der Waals surface area (Å²) >= 11 is 6.07. The number of carbonyl (C=O) groups excluding carboxylic acids is 1. The number of halogens is 1. The lowest BCUT2D eigenvalue weighted by molar-refractivity contribution is -0.109.